The second-order valence-electron chi connectivity index (χ2n) is 3.62. The van der Waals surface area contributed by atoms with E-state index < -0.39 is 0 Å². The zero-order valence-corrected chi connectivity index (χ0v) is 8.06. The monoisotopic (exact) mass is 195 g/mol. The number of carbonyl (C=O) groups is 1. The molecule has 5 nitrogen and oxygen atoms in total. The average Bonchev–Trinajstić information content (AvgIpc) is 2.37. The summed E-state index contributed by atoms with van der Waals surface area (Å²) in [5.74, 6) is 0.697. The first kappa shape index (κ1) is 9.21. The highest BCUT2D eigenvalue weighted by atomic mass is 16.5. The summed E-state index contributed by atoms with van der Waals surface area (Å²) in [5.41, 5.74) is 6.39. The lowest BCUT2D eigenvalue weighted by Crippen LogP contribution is -2.31. The Morgan fingerprint density at radius 1 is 1.79 bits per heavy atom. The van der Waals surface area contributed by atoms with Gasteiger partial charge >= 0.3 is 0 Å². The van der Waals surface area contributed by atoms with Gasteiger partial charge < -0.3 is 10.5 Å². The predicted molar refractivity (Wildman–Crippen MR) is 50.9 cm³/mol. The molecule has 2 rings (SSSR count). The van der Waals surface area contributed by atoms with Crippen LogP contribution in [0.5, 0.6) is 0 Å². The van der Waals surface area contributed by atoms with Crippen molar-refractivity contribution in [3.8, 4) is 0 Å². The number of nitrogens with zero attached hydrogens (tertiary/aromatic N) is 2. The van der Waals surface area contributed by atoms with Crippen molar-refractivity contribution in [2.75, 3.05) is 18.9 Å². The summed E-state index contributed by atoms with van der Waals surface area (Å²) < 4.78 is 6.27. The number of carbonyl (C=O) groups excluding carboxylic acids is 1. The topological polar surface area (TPSA) is 70.1 Å². The van der Waals surface area contributed by atoms with Crippen LogP contribution < -0.4 is 5.73 Å². The standard InChI is InChI=1S/C9H13N3O2/c1-6-2-8(10)12(11-6)9(13)3-7-4-14-5-7/h2,7H,3-5,10H2,1H3. The van der Waals surface area contributed by atoms with Crippen LogP contribution in [0.25, 0.3) is 0 Å². The molecule has 1 aromatic rings. The first-order valence-electron chi connectivity index (χ1n) is 4.60. The largest absolute Gasteiger partial charge is 0.383 e. The van der Waals surface area contributed by atoms with Crippen LogP contribution >= 0.6 is 0 Å². The molecule has 2 N–H and O–H groups in total. The van der Waals surface area contributed by atoms with E-state index in [4.69, 9.17) is 10.5 Å². The molecule has 0 amide bonds. The van der Waals surface area contributed by atoms with Gasteiger partial charge in [0.15, 0.2) is 0 Å². The molecule has 1 saturated heterocycles. The van der Waals surface area contributed by atoms with Crippen LogP contribution in [0, 0.1) is 12.8 Å². The smallest absolute Gasteiger partial charge is 0.249 e. The Morgan fingerprint density at radius 2 is 2.50 bits per heavy atom. The number of nitrogens with two attached hydrogens (primary N) is 1. The highest BCUT2D eigenvalue weighted by molar-refractivity contribution is 5.81. The number of aromatic nitrogens is 2. The Kier molecular flexibility index (Phi) is 2.25. The summed E-state index contributed by atoms with van der Waals surface area (Å²) in [4.78, 5) is 11.6. The second kappa shape index (κ2) is 3.42. The fourth-order valence-electron chi connectivity index (χ4n) is 1.46. The Labute approximate surface area is 81.8 Å². The van der Waals surface area contributed by atoms with E-state index in [0.717, 1.165) is 5.69 Å². The molecular formula is C9H13N3O2. The first-order valence-corrected chi connectivity index (χ1v) is 4.60. The lowest BCUT2D eigenvalue weighted by molar-refractivity contribution is -0.0333. The Balaban J connectivity index is 2.06. The Hall–Kier alpha value is -1.36. The van der Waals surface area contributed by atoms with Crippen molar-refractivity contribution in [3.05, 3.63) is 11.8 Å². The lowest BCUT2D eigenvalue weighted by Gasteiger charge is -2.24. The Bertz CT molecular complexity index is 355. The molecule has 0 saturated carbocycles. The van der Waals surface area contributed by atoms with Gasteiger partial charge in [-0.3, -0.25) is 4.79 Å². The molecule has 1 aliphatic rings. The van der Waals surface area contributed by atoms with Crippen LogP contribution in [0.3, 0.4) is 0 Å². The zero-order valence-electron chi connectivity index (χ0n) is 8.06. The van der Waals surface area contributed by atoms with E-state index >= 15 is 0 Å². The Morgan fingerprint density at radius 3 is 2.93 bits per heavy atom. The van der Waals surface area contributed by atoms with Crippen molar-refractivity contribution in [2.24, 2.45) is 5.92 Å². The van der Waals surface area contributed by atoms with Crippen LogP contribution in [-0.4, -0.2) is 28.9 Å². The molecule has 0 aromatic carbocycles. The van der Waals surface area contributed by atoms with Crippen molar-refractivity contribution in [3.63, 3.8) is 0 Å². The fourth-order valence-corrected chi connectivity index (χ4v) is 1.46. The van der Waals surface area contributed by atoms with Gasteiger partial charge in [-0.05, 0) is 6.92 Å². The summed E-state index contributed by atoms with van der Waals surface area (Å²) in [7, 11) is 0. The molecule has 2 heterocycles. The molecule has 1 aliphatic heterocycles. The van der Waals surface area contributed by atoms with Gasteiger partial charge in [-0.1, -0.05) is 0 Å². The van der Waals surface area contributed by atoms with Crippen molar-refractivity contribution in [1.82, 2.24) is 9.78 Å². The van der Waals surface area contributed by atoms with Crippen LogP contribution in [0.4, 0.5) is 5.82 Å². The van der Waals surface area contributed by atoms with Crippen molar-refractivity contribution in [2.45, 2.75) is 13.3 Å². The number of hydrogen-bond donors (Lipinski definition) is 1. The molecule has 1 fully saturated rings. The number of nitrogen functional groups attached to an aromatic ring is 1. The number of ether oxygens (including phenoxy) is 1. The molecule has 0 aliphatic carbocycles. The van der Waals surface area contributed by atoms with Gasteiger partial charge in [0.2, 0.25) is 5.91 Å². The molecule has 0 unspecified atom stereocenters. The second-order valence-corrected chi connectivity index (χ2v) is 3.62. The minimum absolute atomic E-state index is 0.0519. The summed E-state index contributed by atoms with van der Waals surface area (Å²) in [5, 5.41) is 4.02. The molecular weight excluding hydrogens is 182 g/mol. The predicted octanol–water partition coefficient (Wildman–Crippen LogP) is 0.450. The molecule has 0 spiro atoms. The molecule has 5 heteroatoms. The highest BCUT2D eigenvalue weighted by Gasteiger charge is 2.23. The molecule has 76 valence electrons. The third-order valence-corrected chi connectivity index (χ3v) is 2.27. The molecule has 0 atom stereocenters. The van der Waals surface area contributed by atoms with Gasteiger partial charge in [0.1, 0.15) is 5.82 Å². The van der Waals surface area contributed by atoms with Crippen molar-refractivity contribution >= 4 is 11.7 Å². The normalized spacial score (nSPS) is 16.6. The van der Waals surface area contributed by atoms with E-state index in [1.54, 1.807) is 6.07 Å². The van der Waals surface area contributed by atoms with E-state index in [0.29, 0.717) is 31.4 Å². The maximum absolute atomic E-state index is 11.6. The zero-order chi connectivity index (χ0) is 10.1. The minimum atomic E-state index is -0.0519. The number of aryl methyl sites for hydroxylation is 1. The van der Waals surface area contributed by atoms with E-state index in [9.17, 15) is 4.79 Å². The third-order valence-electron chi connectivity index (χ3n) is 2.27. The van der Waals surface area contributed by atoms with Gasteiger partial charge in [-0.25, -0.2) is 0 Å². The summed E-state index contributed by atoms with van der Waals surface area (Å²) >= 11 is 0. The van der Waals surface area contributed by atoms with Gasteiger partial charge in [0.25, 0.3) is 0 Å². The van der Waals surface area contributed by atoms with Crippen LogP contribution in [0.15, 0.2) is 6.07 Å². The summed E-state index contributed by atoms with van der Waals surface area (Å²) in [6.07, 6.45) is 0.464. The van der Waals surface area contributed by atoms with Crippen molar-refractivity contribution < 1.29 is 9.53 Å². The number of rotatable bonds is 2. The molecule has 1 aromatic heterocycles. The first-order chi connectivity index (χ1) is 6.66. The minimum Gasteiger partial charge on any atom is -0.383 e. The van der Waals surface area contributed by atoms with Gasteiger partial charge in [0.05, 0.1) is 18.9 Å². The maximum atomic E-state index is 11.6. The quantitative estimate of drug-likeness (QED) is 0.743. The average molecular weight is 195 g/mol. The molecule has 0 bridgehead atoms. The number of hydrogen-bond acceptors (Lipinski definition) is 4. The van der Waals surface area contributed by atoms with Crippen molar-refractivity contribution in [1.29, 1.82) is 0 Å². The van der Waals surface area contributed by atoms with E-state index in [-0.39, 0.29) is 5.91 Å². The molecule has 0 radical (unpaired) electrons. The SMILES string of the molecule is Cc1cc(N)n(C(=O)CC2COC2)n1. The van der Waals surface area contributed by atoms with E-state index in [2.05, 4.69) is 5.10 Å². The summed E-state index contributed by atoms with van der Waals surface area (Å²) in [6.45, 7) is 3.16. The highest BCUT2D eigenvalue weighted by Crippen LogP contribution is 2.16. The van der Waals surface area contributed by atoms with Crippen LogP contribution in [0.1, 0.15) is 16.9 Å². The third kappa shape index (κ3) is 1.63. The summed E-state index contributed by atoms with van der Waals surface area (Å²) in [6, 6.07) is 1.69. The molecule has 14 heavy (non-hydrogen) atoms. The van der Waals surface area contributed by atoms with Gasteiger partial charge in [-0.2, -0.15) is 9.78 Å². The van der Waals surface area contributed by atoms with E-state index in [1.807, 2.05) is 6.92 Å². The van der Waals surface area contributed by atoms with Crippen LogP contribution in [0.2, 0.25) is 0 Å². The maximum Gasteiger partial charge on any atom is 0.249 e. The van der Waals surface area contributed by atoms with Gasteiger partial charge in [0, 0.05) is 18.4 Å². The number of anilines is 1. The lowest BCUT2D eigenvalue weighted by atomic mass is 10.0. The van der Waals surface area contributed by atoms with E-state index in [1.165, 1.54) is 4.68 Å². The fraction of sp³-hybridized carbons (Fsp3) is 0.556. The van der Waals surface area contributed by atoms with Gasteiger partial charge in [-0.15, -0.1) is 0 Å². The van der Waals surface area contributed by atoms with Crippen LogP contribution in [-0.2, 0) is 4.74 Å².